The fraction of sp³-hybridized carbons (Fsp3) is 0.364. The molecule has 0 saturated heterocycles. The highest BCUT2D eigenvalue weighted by molar-refractivity contribution is 5.70. The molecule has 0 N–H and O–H groups in total. The van der Waals surface area contributed by atoms with Crippen LogP contribution in [0.15, 0.2) is 60.7 Å². The molecule has 0 amide bonds. The van der Waals surface area contributed by atoms with Crippen molar-refractivity contribution in [2.24, 2.45) is 0 Å². The zero-order chi connectivity index (χ0) is 29.7. The lowest BCUT2D eigenvalue weighted by Crippen LogP contribution is -2.68. The maximum atomic E-state index is 8.49. The van der Waals surface area contributed by atoms with E-state index in [1.54, 1.807) is 0 Å². The first-order chi connectivity index (χ1) is 18.9. The van der Waals surface area contributed by atoms with E-state index in [0.717, 1.165) is 6.54 Å². The van der Waals surface area contributed by atoms with E-state index >= 15 is 0 Å². The number of rotatable bonds is 11. The van der Waals surface area contributed by atoms with Crippen molar-refractivity contribution in [1.29, 1.82) is 0 Å². The third-order valence-electron chi connectivity index (χ3n) is 6.64. The summed E-state index contributed by atoms with van der Waals surface area (Å²) in [6.45, 7) is 10.0. The first kappa shape index (κ1) is 33.2. The van der Waals surface area contributed by atoms with E-state index in [4.69, 9.17) is 18.6 Å². The van der Waals surface area contributed by atoms with E-state index in [-0.39, 0.29) is 0 Å². The van der Waals surface area contributed by atoms with Gasteiger partial charge in [-0.3, -0.25) is 0 Å². The first-order valence-electron chi connectivity index (χ1n) is 13.8. The summed E-state index contributed by atoms with van der Waals surface area (Å²) in [6.07, 6.45) is 14.1. The van der Waals surface area contributed by atoms with Crippen LogP contribution in [-0.2, 0) is 6.54 Å². The Morgan fingerprint density at radius 2 is 1.30 bits per heavy atom. The second-order valence-corrected chi connectivity index (χ2v) is 11.1. The van der Waals surface area contributed by atoms with Crippen LogP contribution in [0.2, 0.25) is 0 Å². The van der Waals surface area contributed by atoms with Crippen LogP contribution in [0.3, 0.4) is 0 Å². The Hall–Kier alpha value is -3.00. The molecule has 0 aliphatic rings. The number of anilines is 1. The van der Waals surface area contributed by atoms with Crippen LogP contribution >= 0.6 is 0 Å². The second-order valence-electron chi connectivity index (χ2n) is 10.4. The first-order valence-corrected chi connectivity index (χ1v) is 15.0. The van der Waals surface area contributed by atoms with Gasteiger partial charge in [0.25, 0.3) is 0 Å². The molecule has 0 aliphatic carbocycles. The molecule has 216 valence electrons. The van der Waals surface area contributed by atoms with E-state index < -0.39 is 10.2 Å². The van der Waals surface area contributed by atoms with Crippen molar-refractivity contribution >= 4 is 30.0 Å². The van der Waals surface area contributed by atoms with Crippen LogP contribution in [-0.4, -0.2) is 14.1 Å². The Morgan fingerprint density at radius 3 is 1.82 bits per heavy atom. The van der Waals surface area contributed by atoms with Gasteiger partial charge in [-0.1, -0.05) is 70.0 Å². The lowest BCUT2D eigenvalue weighted by atomic mass is 10.0. The molecule has 0 unspecified atom stereocenters. The monoisotopic (exact) mass is 566 g/mol. The highest BCUT2D eigenvalue weighted by Crippen LogP contribution is 2.18. The molecule has 7 heteroatoms. The maximum Gasteiger partial charge on any atom is 0.208 e. The van der Waals surface area contributed by atoms with Crippen molar-refractivity contribution in [3.05, 3.63) is 94.3 Å². The lowest BCUT2D eigenvalue weighted by Gasteiger charge is -2.17. The van der Waals surface area contributed by atoms with Gasteiger partial charge in [0, 0.05) is 50.0 Å². The summed E-state index contributed by atoms with van der Waals surface area (Å²) in [4.78, 5) is 2.13. The van der Waals surface area contributed by atoms with Gasteiger partial charge in [-0.15, -0.1) is 10.2 Å². The van der Waals surface area contributed by atoms with Crippen LogP contribution in [0.1, 0.15) is 86.0 Å². The molecule has 0 saturated carbocycles. The number of nitrogens with zero attached hydrogens (tertiary/aromatic N) is 2. The van der Waals surface area contributed by atoms with Gasteiger partial charge in [0.1, 0.15) is 6.54 Å². The summed E-state index contributed by atoms with van der Waals surface area (Å²) in [5.41, 5.74) is 8.91. The molecule has 0 spiro atoms. The SMILES string of the molecule is CCCCCC[n+]1c(/C=C/c2ccc(N(C)C)cc2)ccc(C)c1/C=C/c1ccc(C(C)C)cc1.[O-][Cl+3]([O-])([O-])[O-]. The number of aromatic nitrogens is 1. The normalized spacial score (nSPS) is 11.8. The Morgan fingerprint density at radius 1 is 0.750 bits per heavy atom. The Bertz CT molecular complexity index is 1220. The quantitative estimate of drug-likeness (QED) is 0.261. The van der Waals surface area contributed by atoms with E-state index in [9.17, 15) is 0 Å². The fourth-order valence-electron chi connectivity index (χ4n) is 4.28. The standard InChI is InChI=1S/C33H43N2.ClHO4/c1-7-8-9-10-25-35-32(23-16-29-14-21-31(22-15-29)34(5)6)20-11-27(4)33(35)24-17-28-12-18-30(19-13-28)26(2)3;2-1(3,4)5/h11-24,26H,7-10,25H2,1-6H3;(H,2,3,4,5)/q+1;/p-1/b24-17+;. The maximum absolute atomic E-state index is 8.49. The summed E-state index contributed by atoms with van der Waals surface area (Å²) in [7, 11) is -0.793. The molecular formula is C33H43ClN2O4. The number of hydrogen-bond donors (Lipinski definition) is 0. The Kier molecular flexibility index (Phi) is 13.5. The average molecular weight is 567 g/mol. The minimum absolute atomic E-state index is 0.558. The van der Waals surface area contributed by atoms with Crippen LogP contribution in [0.25, 0.3) is 24.3 Å². The van der Waals surface area contributed by atoms with Crippen molar-refractivity contribution in [3.8, 4) is 0 Å². The largest absolute Gasteiger partial charge is 0.378 e. The van der Waals surface area contributed by atoms with Crippen molar-refractivity contribution in [2.75, 3.05) is 19.0 Å². The minimum Gasteiger partial charge on any atom is -0.378 e. The molecule has 3 rings (SSSR count). The summed E-state index contributed by atoms with van der Waals surface area (Å²) < 4.78 is 36.5. The summed E-state index contributed by atoms with van der Waals surface area (Å²) >= 11 is 0. The molecule has 1 heterocycles. The van der Waals surface area contributed by atoms with Gasteiger partial charge in [0.05, 0.1) is 0 Å². The van der Waals surface area contributed by atoms with Crippen molar-refractivity contribution in [3.63, 3.8) is 0 Å². The van der Waals surface area contributed by atoms with Crippen molar-refractivity contribution in [1.82, 2.24) is 0 Å². The van der Waals surface area contributed by atoms with Crippen LogP contribution in [0, 0.1) is 17.2 Å². The molecule has 1 aromatic heterocycles. The Labute approximate surface area is 242 Å². The summed E-state index contributed by atoms with van der Waals surface area (Å²) in [6, 6.07) is 22.2. The molecule has 3 aromatic rings. The van der Waals surface area contributed by atoms with Crippen LogP contribution in [0.5, 0.6) is 0 Å². The molecule has 0 fully saturated rings. The number of benzene rings is 2. The Balaban J connectivity index is 0.00000103. The van der Waals surface area contributed by atoms with Crippen LogP contribution in [0.4, 0.5) is 5.69 Å². The van der Waals surface area contributed by atoms with Crippen LogP contribution < -0.4 is 28.1 Å². The smallest absolute Gasteiger partial charge is 0.208 e. The predicted molar refractivity (Wildman–Crippen MR) is 155 cm³/mol. The highest BCUT2D eigenvalue weighted by Gasteiger charge is 2.16. The molecule has 40 heavy (non-hydrogen) atoms. The zero-order valence-electron chi connectivity index (χ0n) is 24.6. The minimum atomic E-state index is -4.94. The molecule has 0 atom stereocenters. The van der Waals surface area contributed by atoms with E-state index in [0.29, 0.717) is 5.92 Å². The number of pyridine rings is 1. The van der Waals surface area contributed by atoms with Crippen molar-refractivity contribution in [2.45, 2.75) is 65.8 Å². The zero-order valence-corrected chi connectivity index (χ0v) is 25.4. The summed E-state index contributed by atoms with van der Waals surface area (Å²) in [5, 5.41) is 0. The molecule has 0 radical (unpaired) electrons. The van der Waals surface area contributed by atoms with Gasteiger partial charge in [-0.05, 0) is 66.3 Å². The summed E-state index contributed by atoms with van der Waals surface area (Å²) in [5.74, 6) is 0.558. The van der Waals surface area contributed by atoms with Gasteiger partial charge in [0.15, 0.2) is 0 Å². The lowest BCUT2D eigenvalue weighted by molar-refractivity contribution is -2.00. The van der Waals surface area contributed by atoms with E-state index in [2.05, 4.69) is 136 Å². The number of aryl methyl sites for hydroxylation is 1. The second kappa shape index (κ2) is 16.3. The fourth-order valence-corrected chi connectivity index (χ4v) is 4.28. The van der Waals surface area contributed by atoms with E-state index in [1.165, 1.54) is 65.0 Å². The van der Waals surface area contributed by atoms with Gasteiger partial charge in [0.2, 0.25) is 11.4 Å². The van der Waals surface area contributed by atoms with Gasteiger partial charge in [-0.25, -0.2) is 18.6 Å². The van der Waals surface area contributed by atoms with E-state index in [1.807, 2.05) is 0 Å². The third kappa shape index (κ3) is 12.0. The van der Waals surface area contributed by atoms with Gasteiger partial charge < -0.3 is 4.90 Å². The van der Waals surface area contributed by atoms with Gasteiger partial charge in [-0.2, -0.15) is 4.57 Å². The topological polar surface area (TPSA) is 99.4 Å². The third-order valence-corrected chi connectivity index (χ3v) is 6.64. The molecule has 6 nitrogen and oxygen atoms in total. The number of hydrogen-bond acceptors (Lipinski definition) is 5. The molecule has 0 aliphatic heterocycles. The molecule has 0 bridgehead atoms. The highest BCUT2D eigenvalue weighted by atomic mass is 35.7. The average Bonchev–Trinajstić information content (AvgIpc) is 2.89. The molecular weight excluding hydrogens is 524 g/mol. The van der Waals surface area contributed by atoms with Gasteiger partial charge >= 0.3 is 0 Å². The molecule has 2 aromatic carbocycles. The number of halogens is 1. The number of unbranched alkanes of at least 4 members (excludes halogenated alkanes) is 3. The predicted octanol–water partition coefficient (Wildman–Crippen LogP) is 3.64. The van der Waals surface area contributed by atoms with Crippen molar-refractivity contribution < 1.29 is 33.4 Å².